The standard InChI is InChI=1S/C26H25BrN2O5/c1-3-18-11-17(7-10-23(18)34-15-26(30)31)14-33-25-6-4-5-24(32-2)20(25)13-29-16-28-21-12-19(27)8-9-22(21)29/h4-12,16H,3,13-15H2,1-2H3,(H,30,31). The summed E-state index contributed by atoms with van der Waals surface area (Å²) in [6, 6.07) is 17.4. The van der Waals surface area contributed by atoms with Gasteiger partial charge in [-0.3, -0.25) is 0 Å². The van der Waals surface area contributed by atoms with E-state index in [2.05, 4.69) is 25.5 Å². The van der Waals surface area contributed by atoms with Gasteiger partial charge in [0.1, 0.15) is 23.9 Å². The van der Waals surface area contributed by atoms with E-state index in [9.17, 15) is 4.79 Å². The molecule has 4 aromatic rings. The van der Waals surface area contributed by atoms with Crippen LogP contribution in [0.4, 0.5) is 0 Å². The van der Waals surface area contributed by atoms with Crippen LogP contribution in [0.25, 0.3) is 11.0 Å². The maximum Gasteiger partial charge on any atom is 0.341 e. The van der Waals surface area contributed by atoms with Gasteiger partial charge < -0.3 is 23.9 Å². The van der Waals surface area contributed by atoms with Crippen LogP contribution in [0.1, 0.15) is 23.6 Å². The fourth-order valence-corrected chi connectivity index (χ4v) is 4.15. The van der Waals surface area contributed by atoms with Crippen molar-refractivity contribution in [2.75, 3.05) is 13.7 Å². The van der Waals surface area contributed by atoms with Crippen LogP contribution in [0.2, 0.25) is 0 Å². The zero-order valence-electron chi connectivity index (χ0n) is 19.0. The van der Waals surface area contributed by atoms with Crippen LogP contribution in [-0.4, -0.2) is 34.3 Å². The first-order valence-electron chi connectivity index (χ1n) is 10.8. The topological polar surface area (TPSA) is 82.8 Å². The van der Waals surface area contributed by atoms with Gasteiger partial charge >= 0.3 is 5.97 Å². The Morgan fingerprint density at radius 3 is 2.65 bits per heavy atom. The number of carboxylic acid groups (broad SMARTS) is 1. The monoisotopic (exact) mass is 524 g/mol. The van der Waals surface area contributed by atoms with Crippen molar-refractivity contribution in [3.05, 3.63) is 82.1 Å². The number of methoxy groups -OCH3 is 1. The number of nitrogens with zero attached hydrogens (tertiary/aromatic N) is 2. The minimum absolute atomic E-state index is 0.351. The molecular weight excluding hydrogens is 500 g/mol. The third-order valence-corrected chi connectivity index (χ3v) is 5.97. The quantitative estimate of drug-likeness (QED) is 0.296. The molecule has 0 aliphatic heterocycles. The van der Waals surface area contributed by atoms with Crippen LogP contribution in [0, 0.1) is 0 Å². The summed E-state index contributed by atoms with van der Waals surface area (Å²) in [5, 5.41) is 8.87. The van der Waals surface area contributed by atoms with Crippen LogP contribution < -0.4 is 14.2 Å². The van der Waals surface area contributed by atoms with E-state index in [0.29, 0.717) is 18.9 Å². The minimum atomic E-state index is -1.00. The molecule has 0 aliphatic carbocycles. The highest BCUT2D eigenvalue weighted by molar-refractivity contribution is 9.10. The van der Waals surface area contributed by atoms with Gasteiger partial charge in [-0.15, -0.1) is 0 Å². The summed E-state index contributed by atoms with van der Waals surface area (Å²) in [5.74, 6) is 1.04. The van der Waals surface area contributed by atoms with Gasteiger partial charge in [-0.2, -0.15) is 0 Å². The Bertz CT molecular complexity index is 1320. The van der Waals surface area contributed by atoms with E-state index in [1.165, 1.54) is 0 Å². The molecule has 0 fully saturated rings. The van der Waals surface area contributed by atoms with Crippen LogP contribution >= 0.6 is 15.9 Å². The number of rotatable bonds is 10. The average molecular weight is 525 g/mol. The molecule has 4 rings (SSSR count). The molecule has 0 unspecified atom stereocenters. The Morgan fingerprint density at radius 1 is 1.06 bits per heavy atom. The van der Waals surface area contributed by atoms with Crippen molar-refractivity contribution in [1.82, 2.24) is 9.55 Å². The van der Waals surface area contributed by atoms with Gasteiger partial charge in [-0.05, 0) is 60.0 Å². The number of ether oxygens (including phenoxy) is 3. The highest BCUT2D eigenvalue weighted by atomic mass is 79.9. The Morgan fingerprint density at radius 2 is 1.88 bits per heavy atom. The number of imidazole rings is 1. The lowest BCUT2D eigenvalue weighted by atomic mass is 10.1. The molecule has 0 saturated carbocycles. The van der Waals surface area contributed by atoms with E-state index in [1.807, 2.05) is 61.8 Å². The fraction of sp³-hybridized carbons (Fsp3) is 0.231. The molecule has 34 heavy (non-hydrogen) atoms. The smallest absolute Gasteiger partial charge is 0.341 e. The maximum atomic E-state index is 10.8. The van der Waals surface area contributed by atoms with Gasteiger partial charge in [-0.25, -0.2) is 9.78 Å². The zero-order chi connectivity index (χ0) is 24.1. The zero-order valence-corrected chi connectivity index (χ0v) is 20.5. The predicted molar refractivity (Wildman–Crippen MR) is 133 cm³/mol. The van der Waals surface area contributed by atoms with Crippen molar-refractivity contribution in [2.24, 2.45) is 0 Å². The molecule has 7 nitrogen and oxygen atoms in total. The Hall–Kier alpha value is -3.52. The molecule has 176 valence electrons. The fourth-order valence-electron chi connectivity index (χ4n) is 3.80. The molecule has 1 heterocycles. The predicted octanol–water partition coefficient (Wildman–Crippen LogP) is 5.46. The number of carboxylic acids is 1. The molecule has 0 atom stereocenters. The third kappa shape index (κ3) is 5.34. The molecule has 0 spiro atoms. The number of fused-ring (bicyclic) bond motifs is 1. The first-order chi connectivity index (χ1) is 16.5. The molecule has 1 N–H and O–H groups in total. The number of aryl methyl sites for hydroxylation is 1. The van der Waals surface area contributed by atoms with Crippen molar-refractivity contribution in [2.45, 2.75) is 26.5 Å². The van der Waals surface area contributed by atoms with Crippen LogP contribution in [0.5, 0.6) is 17.2 Å². The van der Waals surface area contributed by atoms with Crippen LogP contribution in [0.3, 0.4) is 0 Å². The summed E-state index contributed by atoms with van der Waals surface area (Å²) in [6.45, 7) is 2.53. The van der Waals surface area contributed by atoms with E-state index in [4.69, 9.17) is 19.3 Å². The van der Waals surface area contributed by atoms with Gasteiger partial charge in [0.2, 0.25) is 0 Å². The van der Waals surface area contributed by atoms with Crippen LogP contribution in [0.15, 0.2) is 65.4 Å². The van der Waals surface area contributed by atoms with Crippen molar-refractivity contribution < 1.29 is 24.1 Å². The van der Waals surface area contributed by atoms with Crippen molar-refractivity contribution >= 4 is 32.9 Å². The van der Waals surface area contributed by atoms with Gasteiger partial charge in [-0.1, -0.05) is 35.0 Å². The normalized spacial score (nSPS) is 10.9. The molecular formula is C26H25BrN2O5. The number of hydrogen-bond acceptors (Lipinski definition) is 5. The molecule has 0 saturated heterocycles. The average Bonchev–Trinajstić information content (AvgIpc) is 3.23. The molecule has 3 aromatic carbocycles. The van der Waals surface area contributed by atoms with Gasteiger partial charge in [0.15, 0.2) is 6.61 Å². The minimum Gasteiger partial charge on any atom is -0.496 e. The molecule has 0 aliphatic rings. The van der Waals surface area contributed by atoms with E-state index in [1.54, 1.807) is 13.2 Å². The summed E-state index contributed by atoms with van der Waals surface area (Å²) >= 11 is 3.49. The molecule has 0 radical (unpaired) electrons. The maximum absolute atomic E-state index is 10.8. The number of carbonyl (C=O) groups is 1. The Balaban J connectivity index is 1.56. The second-order valence-electron chi connectivity index (χ2n) is 7.71. The van der Waals surface area contributed by atoms with E-state index in [0.717, 1.165) is 50.1 Å². The van der Waals surface area contributed by atoms with Gasteiger partial charge in [0, 0.05) is 4.47 Å². The Kier molecular flexibility index (Phi) is 7.37. The number of aliphatic carboxylic acids is 1. The SMILES string of the molecule is CCc1cc(COc2cccc(OC)c2Cn2cnc3cc(Br)ccc32)ccc1OCC(=O)O. The third-order valence-electron chi connectivity index (χ3n) is 5.47. The number of benzene rings is 3. The van der Waals surface area contributed by atoms with Crippen LogP contribution in [-0.2, 0) is 24.4 Å². The van der Waals surface area contributed by atoms with Gasteiger partial charge in [0.25, 0.3) is 0 Å². The molecule has 1 aromatic heterocycles. The Labute approximate surface area is 206 Å². The second kappa shape index (κ2) is 10.6. The molecule has 8 heteroatoms. The lowest BCUT2D eigenvalue weighted by Gasteiger charge is -2.17. The second-order valence-corrected chi connectivity index (χ2v) is 8.62. The summed E-state index contributed by atoms with van der Waals surface area (Å²) < 4.78 is 20.3. The number of hydrogen-bond donors (Lipinski definition) is 1. The first kappa shape index (κ1) is 23.6. The largest absolute Gasteiger partial charge is 0.496 e. The van der Waals surface area contributed by atoms with Gasteiger partial charge in [0.05, 0.1) is 36.6 Å². The summed E-state index contributed by atoms with van der Waals surface area (Å²) in [7, 11) is 1.65. The van der Waals surface area contributed by atoms with Crippen molar-refractivity contribution in [3.63, 3.8) is 0 Å². The van der Waals surface area contributed by atoms with E-state index >= 15 is 0 Å². The van der Waals surface area contributed by atoms with E-state index < -0.39 is 5.97 Å². The lowest BCUT2D eigenvalue weighted by molar-refractivity contribution is -0.139. The summed E-state index contributed by atoms with van der Waals surface area (Å²) in [4.78, 5) is 15.3. The molecule has 0 amide bonds. The highest BCUT2D eigenvalue weighted by Crippen LogP contribution is 2.32. The lowest BCUT2D eigenvalue weighted by Crippen LogP contribution is -2.10. The summed E-state index contributed by atoms with van der Waals surface area (Å²) in [6.07, 6.45) is 2.54. The number of halogens is 1. The van der Waals surface area contributed by atoms with E-state index in [-0.39, 0.29) is 6.61 Å². The number of aromatic nitrogens is 2. The van der Waals surface area contributed by atoms with Crippen molar-refractivity contribution in [1.29, 1.82) is 0 Å². The van der Waals surface area contributed by atoms with Crippen molar-refractivity contribution in [3.8, 4) is 17.2 Å². The molecule has 0 bridgehead atoms. The first-order valence-corrected chi connectivity index (χ1v) is 11.6. The summed E-state index contributed by atoms with van der Waals surface area (Å²) in [5.41, 5.74) is 4.74. The highest BCUT2D eigenvalue weighted by Gasteiger charge is 2.14.